The van der Waals surface area contributed by atoms with Crippen LogP contribution in [-0.4, -0.2) is 27.3 Å². The van der Waals surface area contributed by atoms with E-state index >= 15 is 0 Å². The number of aromatic amines is 2. The Morgan fingerprint density at radius 1 is 1.19 bits per heavy atom. The predicted octanol–water partition coefficient (Wildman–Crippen LogP) is 3.77. The summed E-state index contributed by atoms with van der Waals surface area (Å²) in [7, 11) is 0. The molecule has 0 aliphatic rings. The summed E-state index contributed by atoms with van der Waals surface area (Å²) in [5, 5.41) is 11.8. The van der Waals surface area contributed by atoms with Crippen molar-refractivity contribution in [3.8, 4) is 11.3 Å². The molecule has 0 bridgehead atoms. The summed E-state index contributed by atoms with van der Waals surface area (Å²) in [5.74, 6) is -0.737. The lowest BCUT2D eigenvalue weighted by Gasteiger charge is -1.96. The van der Waals surface area contributed by atoms with E-state index in [-0.39, 0.29) is 11.5 Å². The molecule has 7 heteroatoms. The van der Waals surface area contributed by atoms with Crippen LogP contribution in [0.1, 0.15) is 21.7 Å². The van der Waals surface area contributed by atoms with E-state index in [9.17, 15) is 9.18 Å². The molecule has 1 amide bonds. The van der Waals surface area contributed by atoms with Gasteiger partial charge in [0.15, 0.2) is 0 Å². The van der Waals surface area contributed by atoms with Crippen molar-refractivity contribution in [2.45, 2.75) is 6.92 Å². The van der Waals surface area contributed by atoms with Gasteiger partial charge in [-0.25, -0.2) is 9.82 Å². The number of carbonyl (C=O) groups is 1. The van der Waals surface area contributed by atoms with Gasteiger partial charge >= 0.3 is 0 Å². The summed E-state index contributed by atoms with van der Waals surface area (Å²) in [6.45, 7) is 1.95. The normalized spacial score (nSPS) is 11.3. The average molecular weight is 361 g/mol. The third kappa shape index (κ3) is 3.35. The minimum absolute atomic E-state index is 0.266. The molecule has 0 aliphatic carbocycles. The number of hydrogen-bond acceptors (Lipinski definition) is 3. The lowest BCUT2D eigenvalue weighted by Crippen LogP contribution is -2.18. The van der Waals surface area contributed by atoms with E-state index in [1.807, 2.05) is 31.2 Å². The number of hydrogen-bond donors (Lipinski definition) is 3. The van der Waals surface area contributed by atoms with Gasteiger partial charge in [-0.15, -0.1) is 0 Å². The van der Waals surface area contributed by atoms with E-state index in [1.54, 1.807) is 24.4 Å². The maximum atomic E-state index is 13.0. The molecular weight excluding hydrogens is 345 g/mol. The number of amides is 1. The van der Waals surface area contributed by atoms with Crippen molar-refractivity contribution in [1.29, 1.82) is 0 Å². The molecule has 4 aromatic rings. The highest BCUT2D eigenvalue weighted by atomic mass is 19.1. The highest BCUT2D eigenvalue weighted by Crippen LogP contribution is 2.20. The van der Waals surface area contributed by atoms with Crippen LogP contribution in [0.2, 0.25) is 0 Å². The van der Waals surface area contributed by atoms with E-state index in [0.29, 0.717) is 11.3 Å². The number of aryl methyl sites for hydroxylation is 1. The van der Waals surface area contributed by atoms with Crippen LogP contribution in [0.15, 0.2) is 59.7 Å². The van der Waals surface area contributed by atoms with Gasteiger partial charge in [-0.2, -0.15) is 10.2 Å². The number of carbonyl (C=O) groups excluding carboxylic acids is 1. The second-order valence-electron chi connectivity index (χ2n) is 6.08. The molecule has 3 N–H and O–H groups in total. The summed E-state index contributed by atoms with van der Waals surface area (Å²) >= 11 is 0. The molecule has 2 aromatic carbocycles. The number of aromatic nitrogens is 3. The summed E-state index contributed by atoms with van der Waals surface area (Å²) in [5.41, 5.74) is 6.92. The fourth-order valence-corrected chi connectivity index (χ4v) is 2.89. The Morgan fingerprint density at radius 3 is 2.78 bits per heavy atom. The molecule has 0 saturated carbocycles. The minimum atomic E-state index is -0.412. The van der Waals surface area contributed by atoms with Gasteiger partial charge in [0.05, 0.1) is 11.9 Å². The molecule has 6 nitrogen and oxygen atoms in total. The van der Waals surface area contributed by atoms with Crippen LogP contribution in [0.3, 0.4) is 0 Å². The largest absolute Gasteiger partial charge is 0.358 e. The van der Waals surface area contributed by atoms with Gasteiger partial charge in [-0.1, -0.05) is 18.2 Å². The monoisotopic (exact) mass is 361 g/mol. The predicted molar refractivity (Wildman–Crippen MR) is 102 cm³/mol. The first-order valence-electron chi connectivity index (χ1n) is 8.34. The average Bonchev–Trinajstić information content (AvgIpc) is 3.27. The first kappa shape index (κ1) is 16.7. The van der Waals surface area contributed by atoms with Crippen molar-refractivity contribution in [2.24, 2.45) is 5.10 Å². The standard InChI is InChI=1S/C20H16FN5O/c1-12-16(15-4-2-3-5-17(15)23-12)11-22-26-20(27)19-10-18(24-25-19)13-6-8-14(21)9-7-13/h2-11,23H,1H3,(H,24,25)(H,26,27). The van der Waals surface area contributed by atoms with E-state index in [2.05, 4.69) is 25.7 Å². The molecule has 2 heterocycles. The third-order valence-corrected chi connectivity index (χ3v) is 4.27. The number of nitrogens with one attached hydrogen (secondary N) is 3. The molecule has 0 fully saturated rings. The van der Waals surface area contributed by atoms with Gasteiger partial charge in [-0.05, 0) is 43.3 Å². The zero-order valence-electron chi connectivity index (χ0n) is 14.5. The van der Waals surface area contributed by atoms with Crippen molar-refractivity contribution >= 4 is 23.0 Å². The Hall–Kier alpha value is -3.74. The van der Waals surface area contributed by atoms with Crippen LogP contribution in [0, 0.1) is 12.7 Å². The number of nitrogens with zero attached hydrogens (tertiary/aromatic N) is 2. The first-order valence-corrected chi connectivity index (χ1v) is 8.34. The molecule has 0 aliphatic heterocycles. The molecule has 0 atom stereocenters. The number of rotatable bonds is 4. The van der Waals surface area contributed by atoms with E-state index in [4.69, 9.17) is 0 Å². The topological polar surface area (TPSA) is 85.9 Å². The van der Waals surface area contributed by atoms with Crippen LogP contribution in [-0.2, 0) is 0 Å². The number of H-pyrrole nitrogens is 2. The number of para-hydroxylation sites is 1. The van der Waals surface area contributed by atoms with Gasteiger partial charge < -0.3 is 4.98 Å². The Kier molecular flexibility index (Phi) is 4.25. The summed E-state index contributed by atoms with van der Waals surface area (Å²) in [4.78, 5) is 15.5. The molecule has 4 rings (SSSR count). The lowest BCUT2D eigenvalue weighted by molar-refractivity contribution is 0.0950. The maximum absolute atomic E-state index is 13.0. The molecule has 134 valence electrons. The minimum Gasteiger partial charge on any atom is -0.358 e. The van der Waals surface area contributed by atoms with E-state index < -0.39 is 5.91 Å². The molecule has 0 unspecified atom stereocenters. The Balaban J connectivity index is 1.49. The van der Waals surface area contributed by atoms with Crippen LogP contribution < -0.4 is 5.43 Å². The molecule has 0 spiro atoms. The van der Waals surface area contributed by atoms with Crippen LogP contribution in [0.25, 0.3) is 22.2 Å². The Bertz CT molecular complexity index is 1140. The molecular formula is C20H16FN5O. The van der Waals surface area contributed by atoms with Crippen LogP contribution in [0.5, 0.6) is 0 Å². The number of hydrazone groups is 1. The number of fused-ring (bicyclic) bond motifs is 1. The lowest BCUT2D eigenvalue weighted by atomic mass is 10.1. The maximum Gasteiger partial charge on any atom is 0.289 e. The van der Waals surface area contributed by atoms with Gasteiger partial charge in [0.2, 0.25) is 0 Å². The van der Waals surface area contributed by atoms with Crippen molar-refractivity contribution < 1.29 is 9.18 Å². The SMILES string of the molecule is Cc1[nH]c2ccccc2c1C=NNC(=O)c1cc(-c2ccc(F)cc2)n[nH]1. The van der Waals surface area contributed by atoms with Crippen molar-refractivity contribution in [3.63, 3.8) is 0 Å². The van der Waals surface area contributed by atoms with E-state index in [0.717, 1.165) is 22.2 Å². The van der Waals surface area contributed by atoms with Crippen molar-refractivity contribution in [1.82, 2.24) is 20.6 Å². The van der Waals surface area contributed by atoms with Gasteiger partial charge in [0, 0.05) is 27.7 Å². The summed E-state index contributed by atoms with van der Waals surface area (Å²) in [6, 6.07) is 15.4. The first-order chi connectivity index (χ1) is 13.1. The molecule has 2 aromatic heterocycles. The quantitative estimate of drug-likeness (QED) is 0.382. The smallest absolute Gasteiger partial charge is 0.289 e. The summed E-state index contributed by atoms with van der Waals surface area (Å²) < 4.78 is 13.0. The molecule has 27 heavy (non-hydrogen) atoms. The second kappa shape index (κ2) is 6.87. The fourth-order valence-electron chi connectivity index (χ4n) is 2.89. The highest BCUT2D eigenvalue weighted by molar-refractivity contribution is 6.01. The number of benzene rings is 2. The van der Waals surface area contributed by atoms with E-state index in [1.165, 1.54) is 12.1 Å². The van der Waals surface area contributed by atoms with Crippen LogP contribution >= 0.6 is 0 Å². The fraction of sp³-hybridized carbons (Fsp3) is 0.0500. The van der Waals surface area contributed by atoms with Crippen molar-refractivity contribution in [3.05, 3.63) is 77.4 Å². The zero-order valence-corrected chi connectivity index (χ0v) is 14.5. The Labute approximate surface area is 154 Å². The third-order valence-electron chi connectivity index (χ3n) is 4.27. The van der Waals surface area contributed by atoms with Crippen molar-refractivity contribution in [2.75, 3.05) is 0 Å². The molecule has 0 saturated heterocycles. The van der Waals surface area contributed by atoms with Gasteiger partial charge in [0.1, 0.15) is 11.5 Å². The van der Waals surface area contributed by atoms with Gasteiger partial charge in [-0.3, -0.25) is 9.89 Å². The Morgan fingerprint density at radius 2 is 1.96 bits per heavy atom. The van der Waals surface area contributed by atoms with Gasteiger partial charge in [0.25, 0.3) is 5.91 Å². The number of halogens is 1. The highest BCUT2D eigenvalue weighted by Gasteiger charge is 2.11. The summed E-state index contributed by atoms with van der Waals surface area (Å²) in [6.07, 6.45) is 1.61. The molecule has 0 radical (unpaired) electrons. The second-order valence-corrected chi connectivity index (χ2v) is 6.08. The zero-order chi connectivity index (χ0) is 18.8. The van der Waals surface area contributed by atoms with Crippen LogP contribution in [0.4, 0.5) is 4.39 Å².